The van der Waals surface area contributed by atoms with Crippen LogP contribution < -0.4 is 0 Å². The van der Waals surface area contributed by atoms with Crippen LogP contribution in [0.25, 0.3) is 0 Å². The predicted octanol–water partition coefficient (Wildman–Crippen LogP) is -4.64. The van der Waals surface area contributed by atoms with E-state index in [2.05, 4.69) is 0 Å². The van der Waals surface area contributed by atoms with Gasteiger partial charge in [0.15, 0.2) is 12.6 Å². The molecule has 3 aliphatic heterocycles. The van der Waals surface area contributed by atoms with E-state index < -0.39 is 116 Å². The minimum atomic E-state index is -1.85. The second kappa shape index (κ2) is 12.9. The van der Waals surface area contributed by atoms with Crippen molar-refractivity contribution >= 4 is 11.9 Å². The van der Waals surface area contributed by atoms with Gasteiger partial charge in [-0.25, -0.2) is 4.79 Å². The van der Waals surface area contributed by atoms with Gasteiger partial charge in [0, 0.05) is 19.3 Å². The smallest absolute Gasteiger partial charge is 0.337 e. The fraction of sp³-hybridized carbons (Fsp3) is 0.840. The van der Waals surface area contributed by atoms with Crippen molar-refractivity contribution < 1.29 is 83.6 Å². The van der Waals surface area contributed by atoms with Crippen molar-refractivity contribution in [2.45, 2.75) is 99.7 Å². The molecule has 240 valence electrons. The summed E-state index contributed by atoms with van der Waals surface area (Å²) in [7, 11) is 1.14. The molecule has 15 unspecified atom stereocenters. The molecule has 15 atom stereocenters. The molecule has 0 aromatic rings. The lowest BCUT2D eigenvalue weighted by atomic mass is 9.80. The summed E-state index contributed by atoms with van der Waals surface area (Å²) >= 11 is 0. The molecule has 3 heterocycles. The van der Waals surface area contributed by atoms with Crippen LogP contribution >= 0.6 is 0 Å². The highest BCUT2D eigenvalue weighted by atomic mass is 16.8. The van der Waals surface area contributed by atoms with E-state index in [1.165, 1.54) is 6.92 Å². The van der Waals surface area contributed by atoms with Crippen LogP contribution in [0, 0.1) is 11.8 Å². The Labute approximate surface area is 239 Å². The zero-order valence-electron chi connectivity index (χ0n) is 23.0. The molecular weight excluding hydrogens is 572 g/mol. The summed E-state index contributed by atoms with van der Waals surface area (Å²) in [5.74, 6) is -3.50. The van der Waals surface area contributed by atoms with Crippen LogP contribution in [0.1, 0.15) is 20.3 Å². The van der Waals surface area contributed by atoms with Crippen molar-refractivity contribution in [1.29, 1.82) is 0 Å². The number of carbonyl (C=O) groups is 2. The van der Waals surface area contributed by atoms with Gasteiger partial charge >= 0.3 is 11.9 Å². The lowest BCUT2D eigenvalue weighted by Gasteiger charge is -2.45. The van der Waals surface area contributed by atoms with Gasteiger partial charge < -0.3 is 74.0 Å². The highest BCUT2D eigenvalue weighted by molar-refractivity contribution is 5.89. The molecule has 1 saturated carbocycles. The third-order valence-electron chi connectivity index (χ3n) is 8.11. The topological polar surface area (TPSA) is 261 Å². The van der Waals surface area contributed by atoms with Crippen LogP contribution in [0.3, 0.4) is 0 Å². The van der Waals surface area contributed by atoms with Crippen molar-refractivity contribution in [3.8, 4) is 0 Å². The molecule has 0 aromatic heterocycles. The normalized spacial score (nSPS) is 47.2. The van der Waals surface area contributed by atoms with Gasteiger partial charge in [0.1, 0.15) is 54.4 Å². The summed E-state index contributed by atoms with van der Waals surface area (Å²) in [6, 6.07) is 0. The molecule has 0 bridgehead atoms. The van der Waals surface area contributed by atoms with Crippen molar-refractivity contribution in [3.63, 3.8) is 0 Å². The molecule has 0 spiro atoms. The third kappa shape index (κ3) is 6.15. The summed E-state index contributed by atoms with van der Waals surface area (Å²) in [4.78, 5) is 24.4. The Morgan fingerprint density at radius 1 is 0.905 bits per heavy atom. The first kappa shape index (κ1) is 32.9. The summed E-state index contributed by atoms with van der Waals surface area (Å²) in [6.07, 6.45) is -18.2. The molecule has 1 aliphatic carbocycles. The number of hydrogen-bond acceptors (Lipinski definition) is 17. The quantitative estimate of drug-likeness (QED) is 0.120. The van der Waals surface area contributed by atoms with Crippen LogP contribution in [-0.2, 0) is 42.7 Å². The van der Waals surface area contributed by atoms with Gasteiger partial charge in [-0.15, -0.1) is 0 Å². The number of fused-ring (bicyclic) bond motifs is 1. The minimum Gasteiger partial charge on any atom is -0.471 e. The SMILES string of the molecule is COC(=O)C1=COC(OC2OC(COC3OC(CO)C(O)C(O)C3O)C(O)C(O)C2O)C2C1C(O)CC2(C)OC(C)=O. The molecule has 8 N–H and O–H groups in total. The van der Waals surface area contributed by atoms with Gasteiger partial charge in [0.2, 0.25) is 6.29 Å². The van der Waals surface area contributed by atoms with E-state index in [1.807, 2.05) is 0 Å². The second-order valence-electron chi connectivity index (χ2n) is 11.0. The number of hydrogen-bond donors (Lipinski definition) is 8. The number of rotatable bonds is 8. The predicted molar refractivity (Wildman–Crippen MR) is 130 cm³/mol. The summed E-state index contributed by atoms with van der Waals surface area (Å²) in [5.41, 5.74) is -1.46. The molecule has 4 rings (SSSR count). The Hall–Kier alpha value is -2.00. The van der Waals surface area contributed by atoms with Crippen LogP contribution in [0.4, 0.5) is 0 Å². The van der Waals surface area contributed by atoms with Crippen molar-refractivity contribution in [2.75, 3.05) is 20.3 Å². The number of ether oxygens (including phenoxy) is 7. The number of methoxy groups -OCH3 is 1. The van der Waals surface area contributed by atoms with E-state index in [0.29, 0.717) is 0 Å². The average molecular weight is 611 g/mol. The van der Waals surface area contributed by atoms with E-state index in [0.717, 1.165) is 20.3 Å². The summed E-state index contributed by atoms with van der Waals surface area (Å²) in [6.45, 7) is 1.37. The molecule has 4 aliphatic rings. The largest absolute Gasteiger partial charge is 0.471 e. The van der Waals surface area contributed by atoms with Gasteiger partial charge in [-0.05, 0) is 6.92 Å². The zero-order chi connectivity index (χ0) is 31.1. The van der Waals surface area contributed by atoms with Crippen LogP contribution in [0.2, 0.25) is 0 Å². The first-order chi connectivity index (χ1) is 19.7. The Bertz CT molecular complexity index is 1010. The van der Waals surface area contributed by atoms with Gasteiger partial charge in [-0.3, -0.25) is 4.79 Å². The fourth-order valence-corrected chi connectivity index (χ4v) is 6.01. The number of esters is 2. The van der Waals surface area contributed by atoms with Crippen LogP contribution in [0.15, 0.2) is 11.8 Å². The number of carbonyl (C=O) groups excluding carboxylic acids is 2. The second-order valence-corrected chi connectivity index (χ2v) is 11.0. The molecule has 0 amide bonds. The van der Waals surface area contributed by atoms with Gasteiger partial charge in [-0.1, -0.05) is 0 Å². The standard InChI is InChI=1S/C25H38O17/c1-8(27)42-25(2)4-10(28)13-9(21(35)36-3)6-37-22(14(13)25)41-24-20(34)18(32)16(30)12(40-24)7-38-23-19(33)17(31)15(29)11(5-26)39-23/h6,10-20,22-24,26,28-34H,4-5,7H2,1-3H3. The van der Waals surface area contributed by atoms with Crippen molar-refractivity contribution in [2.24, 2.45) is 11.8 Å². The highest BCUT2D eigenvalue weighted by Crippen LogP contribution is 2.51. The maximum atomic E-state index is 12.4. The lowest BCUT2D eigenvalue weighted by molar-refractivity contribution is -0.357. The Balaban J connectivity index is 1.52. The van der Waals surface area contributed by atoms with Crippen molar-refractivity contribution in [3.05, 3.63) is 11.8 Å². The van der Waals surface area contributed by atoms with Gasteiger partial charge in [0.25, 0.3) is 0 Å². The zero-order valence-corrected chi connectivity index (χ0v) is 23.0. The maximum Gasteiger partial charge on any atom is 0.337 e. The molecule has 17 nitrogen and oxygen atoms in total. The third-order valence-corrected chi connectivity index (χ3v) is 8.11. The average Bonchev–Trinajstić information content (AvgIpc) is 3.21. The highest BCUT2D eigenvalue weighted by Gasteiger charge is 2.62. The fourth-order valence-electron chi connectivity index (χ4n) is 6.01. The van der Waals surface area contributed by atoms with Gasteiger partial charge in [-0.2, -0.15) is 0 Å². The van der Waals surface area contributed by atoms with E-state index in [-0.39, 0.29) is 12.0 Å². The molecule has 3 fully saturated rings. The minimum absolute atomic E-state index is 0.0444. The van der Waals surface area contributed by atoms with Crippen LogP contribution in [0.5, 0.6) is 0 Å². The van der Waals surface area contributed by atoms with E-state index in [1.54, 1.807) is 0 Å². The first-order valence-electron chi connectivity index (χ1n) is 13.3. The van der Waals surface area contributed by atoms with Gasteiger partial charge in [0.05, 0.1) is 44.2 Å². The molecular formula is C25H38O17. The number of aliphatic hydroxyl groups is 8. The Morgan fingerprint density at radius 3 is 2.10 bits per heavy atom. The molecule has 2 saturated heterocycles. The summed E-state index contributed by atoms with van der Waals surface area (Å²) < 4.78 is 38.1. The Morgan fingerprint density at radius 2 is 1.50 bits per heavy atom. The Kier molecular flexibility index (Phi) is 10.1. The van der Waals surface area contributed by atoms with Crippen molar-refractivity contribution in [1.82, 2.24) is 0 Å². The van der Waals surface area contributed by atoms with E-state index >= 15 is 0 Å². The number of aliphatic hydroxyl groups excluding tert-OH is 8. The van der Waals surface area contributed by atoms with E-state index in [9.17, 15) is 50.4 Å². The molecule has 0 aromatic carbocycles. The molecule has 0 radical (unpaired) electrons. The molecule has 17 heteroatoms. The molecule has 42 heavy (non-hydrogen) atoms. The first-order valence-corrected chi connectivity index (χ1v) is 13.3. The maximum absolute atomic E-state index is 12.4. The summed E-state index contributed by atoms with van der Waals surface area (Å²) in [5, 5.41) is 82.1. The monoisotopic (exact) mass is 610 g/mol. The van der Waals surface area contributed by atoms with E-state index in [4.69, 9.17) is 33.2 Å². The van der Waals surface area contributed by atoms with Crippen LogP contribution in [-0.4, -0.2) is 153 Å². The lowest BCUT2D eigenvalue weighted by Crippen LogP contribution is -2.62.